The molecule has 0 spiro atoms. The minimum Gasteiger partial charge on any atom is -0.490 e. The smallest absolute Gasteiger partial charge is 0.387 e. The molecule has 2 rings (SSSR count). The summed E-state index contributed by atoms with van der Waals surface area (Å²) in [5, 5.41) is 3.04. The fourth-order valence-electron chi connectivity index (χ4n) is 2.39. The van der Waals surface area contributed by atoms with Crippen molar-refractivity contribution in [3.8, 4) is 11.5 Å². The average Bonchev–Trinajstić information content (AvgIpc) is 2.63. The van der Waals surface area contributed by atoms with E-state index in [2.05, 4.69) is 15.0 Å². The molecule has 0 aliphatic carbocycles. The van der Waals surface area contributed by atoms with Crippen LogP contribution in [0.5, 0.6) is 11.5 Å². The lowest BCUT2D eigenvalue weighted by molar-refractivity contribution is -0.0514. The second-order valence-electron chi connectivity index (χ2n) is 5.51. The number of ether oxygens (including phenoxy) is 3. The van der Waals surface area contributed by atoms with Gasteiger partial charge in [-0.1, -0.05) is 24.3 Å². The van der Waals surface area contributed by atoms with Crippen molar-refractivity contribution in [1.82, 2.24) is 0 Å². The first kappa shape index (κ1) is 20.4. The van der Waals surface area contributed by atoms with Gasteiger partial charge in [-0.3, -0.25) is 0 Å². The summed E-state index contributed by atoms with van der Waals surface area (Å²) in [4.78, 5) is 4.28. The zero-order valence-electron chi connectivity index (χ0n) is 15.2. The van der Waals surface area contributed by atoms with Crippen LogP contribution >= 0.6 is 0 Å². The third-order valence-electron chi connectivity index (χ3n) is 3.54. The summed E-state index contributed by atoms with van der Waals surface area (Å²) in [6.07, 6.45) is 0. The van der Waals surface area contributed by atoms with E-state index in [0.717, 1.165) is 16.8 Å². The minimum absolute atomic E-state index is 0.0147. The first-order valence-corrected chi connectivity index (χ1v) is 8.37. The number of rotatable bonds is 9. The largest absolute Gasteiger partial charge is 0.490 e. The normalized spacial score (nSPS) is 11.5. The van der Waals surface area contributed by atoms with Crippen LogP contribution < -0.4 is 20.5 Å². The lowest BCUT2D eigenvalue weighted by Crippen LogP contribution is -2.23. The zero-order valence-corrected chi connectivity index (χ0v) is 15.2. The van der Waals surface area contributed by atoms with Crippen molar-refractivity contribution in [1.29, 1.82) is 0 Å². The predicted octanol–water partition coefficient (Wildman–Crippen LogP) is 3.76. The van der Waals surface area contributed by atoms with Gasteiger partial charge in [-0.2, -0.15) is 8.78 Å². The molecule has 0 saturated heterocycles. The van der Waals surface area contributed by atoms with E-state index in [1.807, 2.05) is 24.3 Å². The number of aliphatic imine (C=N–C) groups is 1. The number of hydrogen-bond acceptors (Lipinski definition) is 4. The highest BCUT2D eigenvalue weighted by Crippen LogP contribution is 2.30. The molecule has 146 valence electrons. The van der Waals surface area contributed by atoms with E-state index in [4.69, 9.17) is 15.2 Å². The van der Waals surface area contributed by atoms with E-state index in [1.165, 1.54) is 6.07 Å². The SMILES string of the molecule is CCOc1cc(CN=C(N)Nc2ccccc2COC)ccc1OC(F)F. The topological polar surface area (TPSA) is 78.1 Å². The minimum atomic E-state index is -2.92. The number of alkyl halides is 2. The van der Waals surface area contributed by atoms with Crippen molar-refractivity contribution >= 4 is 11.6 Å². The average molecular weight is 379 g/mol. The maximum absolute atomic E-state index is 12.5. The third-order valence-corrected chi connectivity index (χ3v) is 3.54. The molecule has 6 nitrogen and oxygen atoms in total. The van der Waals surface area contributed by atoms with Gasteiger partial charge in [-0.15, -0.1) is 0 Å². The summed E-state index contributed by atoms with van der Waals surface area (Å²) in [7, 11) is 1.62. The standard InChI is InChI=1S/C19H23F2N3O3/c1-3-26-17-10-13(8-9-16(17)27-18(20)21)11-23-19(22)24-15-7-5-4-6-14(15)12-25-2/h4-10,18H,3,11-12H2,1-2H3,(H3,22,23,24). The number of para-hydroxylation sites is 1. The van der Waals surface area contributed by atoms with Crippen LogP contribution in [0.15, 0.2) is 47.5 Å². The van der Waals surface area contributed by atoms with Crippen LogP contribution in [0.4, 0.5) is 14.5 Å². The molecule has 0 aromatic heterocycles. The molecule has 8 heteroatoms. The number of methoxy groups -OCH3 is 1. The summed E-state index contributed by atoms with van der Waals surface area (Å²) in [6, 6.07) is 12.3. The number of nitrogens with two attached hydrogens (primary N) is 1. The molecule has 27 heavy (non-hydrogen) atoms. The molecule has 0 amide bonds. The third kappa shape index (κ3) is 6.41. The van der Waals surface area contributed by atoms with Crippen molar-refractivity contribution in [3.05, 3.63) is 53.6 Å². The molecular weight excluding hydrogens is 356 g/mol. The van der Waals surface area contributed by atoms with Crippen molar-refractivity contribution in [3.63, 3.8) is 0 Å². The van der Waals surface area contributed by atoms with Gasteiger partial charge in [0.25, 0.3) is 0 Å². The number of hydrogen-bond donors (Lipinski definition) is 2. The highest BCUT2D eigenvalue weighted by Gasteiger charge is 2.11. The summed E-state index contributed by atoms with van der Waals surface area (Å²) >= 11 is 0. The molecule has 0 radical (unpaired) electrons. The first-order valence-electron chi connectivity index (χ1n) is 8.37. The monoisotopic (exact) mass is 379 g/mol. The van der Waals surface area contributed by atoms with Gasteiger partial charge in [-0.05, 0) is 30.7 Å². The van der Waals surface area contributed by atoms with Crippen molar-refractivity contribution in [2.45, 2.75) is 26.7 Å². The van der Waals surface area contributed by atoms with E-state index < -0.39 is 6.61 Å². The Hall–Kier alpha value is -2.87. The van der Waals surface area contributed by atoms with Gasteiger partial charge in [-0.25, -0.2) is 4.99 Å². The highest BCUT2D eigenvalue weighted by atomic mass is 19.3. The molecule has 0 bridgehead atoms. The molecule has 2 aromatic rings. The van der Waals surface area contributed by atoms with Crippen LogP contribution in [-0.4, -0.2) is 26.3 Å². The number of anilines is 1. The molecule has 0 heterocycles. The fraction of sp³-hybridized carbons (Fsp3) is 0.316. The summed E-state index contributed by atoms with van der Waals surface area (Å²) < 4.78 is 39.9. The van der Waals surface area contributed by atoms with Gasteiger partial charge in [0, 0.05) is 18.4 Å². The van der Waals surface area contributed by atoms with Gasteiger partial charge >= 0.3 is 6.61 Å². The maximum Gasteiger partial charge on any atom is 0.387 e. The maximum atomic E-state index is 12.5. The molecule has 3 N–H and O–H groups in total. The lowest BCUT2D eigenvalue weighted by Gasteiger charge is -2.13. The first-order chi connectivity index (χ1) is 13.0. The van der Waals surface area contributed by atoms with E-state index in [1.54, 1.807) is 26.2 Å². The highest BCUT2D eigenvalue weighted by molar-refractivity contribution is 5.92. The van der Waals surface area contributed by atoms with Crippen LogP contribution in [0.25, 0.3) is 0 Å². The predicted molar refractivity (Wildman–Crippen MR) is 100 cm³/mol. The zero-order chi connectivity index (χ0) is 19.6. The molecule has 0 aliphatic heterocycles. The van der Waals surface area contributed by atoms with E-state index in [0.29, 0.717) is 13.2 Å². The van der Waals surface area contributed by atoms with Gasteiger partial charge in [0.15, 0.2) is 17.5 Å². The van der Waals surface area contributed by atoms with Crippen LogP contribution in [0.2, 0.25) is 0 Å². The van der Waals surface area contributed by atoms with Gasteiger partial charge < -0.3 is 25.3 Å². The second kappa shape index (κ2) is 10.3. The van der Waals surface area contributed by atoms with Gasteiger partial charge in [0.2, 0.25) is 0 Å². The van der Waals surface area contributed by atoms with Gasteiger partial charge in [0.05, 0.1) is 19.8 Å². The Morgan fingerprint density at radius 3 is 2.67 bits per heavy atom. The molecule has 0 aliphatic rings. The number of guanidine groups is 1. The van der Waals surface area contributed by atoms with E-state index in [-0.39, 0.29) is 24.0 Å². The van der Waals surface area contributed by atoms with E-state index in [9.17, 15) is 8.78 Å². The summed E-state index contributed by atoms with van der Waals surface area (Å²) in [5.41, 5.74) is 8.45. The summed E-state index contributed by atoms with van der Waals surface area (Å²) in [6.45, 7) is -0.136. The number of nitrogens with zero attached hydrogens (tertiary/aromatic N) is 1. The quantitative estimate of drug-likeness (QED) is 0.512. The molecule has 0 unspecified atom stereocenters. The Labute approximate surface area is 156 Å². The lowest BCUT2D eigenvalue weighted by atomic mass is 10.2. The van der Waals surface area contributed by atoms with Crippen LogP contribution in [-0.2, 0) is 17.9 Å². The second-order valence-corrected chi connectivity index (χ2v) is 5.51. The fourth-order valence-corrected chi connectivity index (χ4v) is 2.39. The van der Waals surface area contributed by atoms with Crippen LogP contribution in [0.1, 0.15) is 18.1 Å². The Bertz CT molecular complexity index is 770. The number of halogens is 2. The Balaban J connectivity index is 2.09. The van der Waals surface area contributed by atoms with Gasteiger partial charge in [0.1, 0.15) is 0 Å². The Kier molecular flexibility index (Phi) is 7.81. The number of benzene rings is 2. The van der Waals surface area contributed by atoms with Crippen molar-refractivity contribution in [2.24, 2.45) is 10.7 Å². The molecule has 0 atom stereocenters. The molecule has 2 aromatic carbocycles. The van der Waals surface area contributed by atoms with Crippen LogP contribution in [0.3, 0.4) is 0 Å². The Morgan fingerprint density at radius 1 is 1.19 bits per heavy atom. The summed E-state index contributed by atoms with van der Waals surface area (Å²) in [5.74, 6) is 0.450. The number of nitrogens with one attached hydrogen (secondary N) is 1. The molecule has 0 saturated carbocycles. The molecule has 0 fully saturated rings. The Morgan fingerprint density at radius 2 is 1.96 bits per heavy atom. The van der Waals surface area contributed by atoms with Crippen molar-refractivity contribution in [2.75, 3.05) is 19.0 Å². The molecular formula is C19H23F2N3O3. The van der Waals surface area contributed by atoms with E-state index >= 15 is 0 Å². The van der Waals surface area contributed by atoms with Crippen LogP contribution in [0, 0.1) is 0 Å². The van der Waals surface area contributed by atoms with Crippen molar-refractivity contribution < 1.29 is 23.0 Å².